The monoisotopic (exact) mass is 391 g/mol. The van der Waals surface area contributed by atoms with Gasteiger partial charge in [0.05, 0.1) is 11.1 Å². The highest BCUT2D eigenvalue weighted by molar-refractivity contribution is 6.14. The van der Waals surface area contributed by atoms with E-state index in [4.69, 9.17) is 13.9 Å². The summed E-state index contributed by atoms with van der Waals surface area (Å²) in [6.45, 7) is 3.42. The second-order valence-electron chi connectivity index (χ2n) is 7.19. The molecule has 6 heteroatoms. The molecule has 2 aliphatic heterocycles. The number of ketones is 1. The zero-order valence-electron chi connectivity index (χ0n) is 15.8. The Kier molecular flexibility index (Phi) is 4.21. The van der Waals surface area contributed by atoms with Crippen LogP contribution in [-0.2, 0) is 13.1 Å². The van der Waals surface area contributed by atoms with E-state index in [1.807, 2.05) is 19.1 Å². The fraction of sp³-hybridized carbons (Fsp3) is 0.174. The van der Waals surface area contributed by atoms with Gasteiger partial charge < -0.3 is 13.9 Å². The highest BCUT2D eigenvalue weighted by Crippen LogP contribution is 2.42. The molecule has 1 aromatic heterocycles. The predicted octanol–water partition coefficient (Wildman–Crippen LogP) is 4.70. The van der Waals surface area contributed by atoms with Gasteiger partial charge in [0.25, 0.3) is 0 Å². The number of allylic oxidation sites excluding steroid dienone is 1. The van der Waals surface area contributed by atoms with Crippen LogP contribution in [0.1, 0.15) is 33.0 Å². The molecule has 0 saturated heterocycles. The summed E-state index contributed by atoms with van der Waals surface area (Å²) in [5.41, 5.74) is 2.34. The molecule has 0 amide bonds. The molecule has 3 heterocycles. The van der Waals surface area contributed by atoms with E-state index in [1.54, 1.807) is 30.3 Å². The summed E-state index contributed by atoms with van der Waals surface area (Å²) in [5, 5.41) is 0. The van der Waals surface area contributed by atoms with Gasteiger partial charge in [-0.15, -0.1) is 0 Å². The Balaban J connectivity index is 1.42. The van der Waals surface area contributed by atoms with Crippen molar-refractivity contribution < 1.29 is 23.1 Å². The summed E-state index contributed by atoms with van der Waals surface area (Å²) >= 11 is 0. The maximum atomic E-state index is 13.1. The number of benzene rings is 2. The van der Waals surface area contributed by atoms with Crippen molar-refractivity contribution in [1.82, 2.24) is 4.90 Å². The van der Waals surface area contributed by atoms with E-state index in [9.17, 15) is 9.18 Å². The first-order valence-electron chi connectivity index (χ1n) is 9.33. The van der Waals surface area contributed by atoms with Gasteiger partial charge in [-0.3, -0.25) is 9.69 Å². The molecule has 0 aliphatic carbocycles. The SMILES string of the molecule is Cc1ccc(/C=C2\Oc3c(ccc4c3CN(Cc3ccc(F)cc3)CO4)C2=O)o1. The van der Waals surface area contributed by atoms with Crippen molar-refractivity contribution in [1.29, 1.82) is 0 Å². The fourth-order valence-electron chi connectivity index (χ4n) is 3.61. The molecule has 0 bridgehead atoms. The number of nitrogens with zero attached hydrogens (tertiary/aromatic N) is 1. The lowest BCUT2D eigenvalue weighted by atomic mass is 10.0. The quantitative estimate of drug-likeness (QED) is 0.606. The van der Waals surface area contributed by atoms with E-state index in [2.05, 4.69) is 4.90 Å². The molecule has 29 heavy (non-hydrogen) atoms. The average Bonchev–Trinajstić information content (AvgIpc) is 3.27. The van der Waals surface area contributed by atoms with E-state index in [0.717, 1.165) is 16.9 Å². The average molecular weight is 391 g/mol. The molecular formula is C23H18FNO4. The number of aryl methyl sites for hydroxylation is 1. The summed E-state index contributed by atoms with van der Waals surface area (Å²) in [6.07, 6.45) is 1.61. The van der Waals surface area contributed by atoms with Gasteiger partial charge in [0.2, 0.25) is 5.78 Å². The van der Waals surface area contributed by atoms with Crippen LogP contribution < -0.4 is 9.47 Å². The molecule has 5 nitrogen and oxygen atoms in total. The van der Waals surface area contributed by atoms with Crippen LogP contribution in [0.2, 0.25) is 0 Å². The number of furan rings is 1. The van der Waals surface area contributed by atoms with Crippen LogP contribution in [0.15, 0.2) is 58.7 Å². The molecule has 0 unspecified atom stereocenters. The smallest absolute Gasteiger partial charge is 0.232 e. The molecular weight excluding hydrogens is 373 g/mol. The molecule has 3 aromatic rings. The summed E-state index contributed by atoms with van der Waals surface area (Å²) in [7, 11) is 0. The van der Waals surface area contributed by atoms with Crippen molar-refractivity contribution in [2.24, 2.45) is 0 Å². The minimum atomic E-state index is -0.259. The third-order valence-electron chi connectivity index (χ3n) is 5.04. The summed E-state index contributed by atoms with van der Waals surface area (Å²) in [4.78, 5) is 14.8. The topological polar surface area (TPSA) is 51.9 Å². The first-order valence-corrected chi connectivity index (χ1v) is 9.33. The van der Waals surface area contributed by atoms with E-state index in [0.29, 0.717) is 42.6 Å². The van der Waals surface area contributed by atoms with Crippen molar-refractivity contribution in [3.8, 4) is 11.5 Å². The van der Waals surface area contributed by atoms with Gasteiger partial charge in [-0.1, -0.05) is 12.1 Å². The Hall–Kier alpha value is -3.38. The van der Waals surface area contributed by atoms with Crippen molar-refractivity contribution in [3.63, 3.8) is 0 Å². The van der Waals surface area contributed by atoms with Crippen molar-refractivity contribution in [3.05, 3.63) is 88.3 Å². The lowest BCUT2D eigenvalue weighted by molar-refractivity contribution is 0.0872. The van der Waals surface area contributed by atoms with Crippen molar-refractivity contribution >= 4 is 11.9 Å². The Morgan fingerprint density at radius 3 is 2.69 bits per heavy atom. The van der Waals surface area contributed by atoms with E-state index in [1.165, 1.54) is 12.1 Å². The predicted molar refractivity (Wildman–Crippen MR) is 104 cm³/mol. The third kappa shape index (κ3) is 3.32. The molecule has 0 atom stereocenters. The zero-order chi connectivity index (χ0) is 20.0. The van der Waals surface area contributed by atoms with Gasteiger partial charge in [0.1, 0.15) is 35.6 Å². The van der Waals surface area contributed by atoms with Gasteiger partial charge in [0, 0.05) is 19.2 Å². The molecule has 0 fully saturated rings. The van der Waals surface area contributed by atoms with Crippen LogP contribution in [0.3, 0.4) is 0 Å². The zero-order valence-corrected chi connectivity index (χ0v) is 15.8. The van der Waals surface area contributed by atoms with E-state index < -0.39 is 0 Å². The van der Waals surface area contributed by atoms with Crippen molar-refractivity contribution in [2.75, 3.05) is 6.73 Å². The first-order chi connectivity index (χ1) is 14.1. The molecule has 146 valence electrons. The van der Waals surface area contributed by atoms with Crippen LogP contribution in [0.25, 0.3) is 6.08 Å². The summed E-state index contributed by atoms with van der Waals surface area (Å²) in [5.74, 6) is 2.38. The van der Waals surface area contributed by atoms with Gasteiger partial charge in [-0.25, -0.2) is 4.39 Å². The van der Waals surface area contributed by atoms with Gasteiger partial charge in [0.15, 0.2) is 5.76 Å². The van der Waals surface area contributed by atoms with E-state index >= 15 is 0 Å². The van der Waals surface area contributed by atoms with Gasteiger partial charge >= 0.3 is 0 Å². The minimum absolute atomic E-state index is 0.174. The van der Waals surface area contributed by atoms with Crippen LogP contribution in [-0.4, -0.2) is 17.4 Å². The highest BCUT2D eigenvalue weighted by Gasteiger charge is 2.33. The Bertz CT molecular complexity index is 1130. The second-order valence-corrected chi connectivity index (χ2v) is 7.19. The number of fused-ring (bicyclic) bond motifs is 3. The third-order valence-corrected chi connectivity index (χ3v) is 5.04. The molecule has 0 spiro atoms. The lowest BCUT2D eigenvalue weighted by Gasteiger charge is -2.29. The van der Waals surface area contributed by atoms with Crippen LogP contribution >= 0.6 is 0 Å². The lowest BCUT2D eigenvalue weighted by Crippen LogP contribution is -2.31. The maximum absolute atomic E-state index is 13.1. The number of Topliss-reactive ketones (excluding diaryl/α,β-unsaturated/α-hetero) is 1. The molecule has 5 rings (SSSR count). The number of hydrogen-bond donors (Lipinski definition) is 0. The van der Waals surface area contributed by atoms with Gasteiger partial charge in [-0.05, 0) is 48.9 Å². The van der Waals surface area contributed by atoms with Crippen LogP contribution in [0.4, 0.5) is 4.39 Å². The molecule has 0 saturated carbocycles. The first kappa shape index (κ1) is 17.7. The Labute approximate surface area is 167 Å². The molecule has 0 radical (unpaired) electrons. The minimum Gasteiger partial charge on any atom is -0.478 e. The largest absolute Gasteiger partial charge is 0.478 e. The maximum Gasteiger partial charge on any atom is 0.232 e. The Morgan fingerprint density at radius 2 is 1.93 bits per heavy atom. The summed E-state index contributed by atoms with van der Waals surface area (Å²) in [6, 6.07) is 13.6. The standard InChI is InChI=1S/C23H18FNO4/c1-14-2-7-17(28-14)10-21-22(26)18-8-9-20-19(23(18)29-21)12-25(13-27-20)11-15-3-5-16(24)6-4-15/h2-10H,11-13H2,1H3/b21-10-. The molecule has 0 N–H and O–H groups in total. The number of rotatable bonds is 3. The molecule has 2 aliphatic rings. The summed E-state index contributed by atoms with van der Waals surface area (Å²) < 4.78 is 30.5. The number of carbonyl (C=O) groups is 1. The van der Waals surface area contributed by atoms with Gasteiger partial charge in [-0.2, -0.15) is 0 Å². The van der Waals surface area contributed by atoms with Crippen LogP contribution in [0, 0.1) is 12.7 Å². The highest BCUT2D eigenvalue weighted by atomic mass is 19.1. The number of hydrogen-bond acceptors (Lipinski definition) is 5. The van der Waals surface area contributed by atoms with E-state index in [-0.39, 0.29) is 17.4 Å². The number of ether oxygens (including phenoxy) is 2. The number of halogens is 1. The Morgan fingerprint density at radius 1 is 1.10 bits per heavy atom. The van der Waals surface area contributed by atoms with Crippen molar-refractivity contribution in [2.45, 2.75) is 20.0 Å². The fourth-order valence-corrected chi connectivity index (χ4v) is 3.61. The second kappa shape index (κ2) is 6.90. The number of carbonyl (C=O) groups excluding carboxylic acids is 1. The molecule has 2 aromatic carbocycles. The normalized spacial score (nSPS) is 17.0. The van der Waals surface area contributed by atoms with Crippen LogP contribution in [0.5, 0.6) is 11.5 Å².